The molecule has 1 aromatic heterocycles. The van der Waals surface area contributed by atoms with Crippen molar-refractivity contribution in [1.29, 1.82) is 0 Å². The normalized spacial score (nSPS) is 20.5. The predicted molar refractivity (Wildman–Crippen MR) is 131 cm³/mol. The van der Waals surface area contributed by atoms with Crippen molar-refractivity contribution >= 4 is 22.9 Å². The Hall–Kier alpha value is -3.92. The lowest BCUT2D eigenvalue weighted by Crippen LogP contribution is -2.39. The summed E-state index contributed by atoms with van der Waals surface area (Å²) in [6.07, 6.45) is 4.09. The molecule has 162 valence electrons. The van der Waals surface area contributed by atoms with Gasteiger partial charge in [-0.25, -0.2) is 0 Å². The van der Waals surface area contributed by atoms with Gasteiger partial charge in [-0.05, 0) is 58.2 Å². The van der Waals surface area contributed by atoms with Gasteiger partial charge in [0, 0.05) is 35.5 Å². The van der Waals surface area contributed by atoms with E-state index in [-0.39, 0.29) is 11.5 Å². The maximum Gasteiger partial charge on any atom is 0.255 e. The summed E-state index contributed by atoms with van der Waals surface area (Å²) in [5.74, 6) is 0.859. The molecule has 3 aliphatic carbocycles. The minimum absolute atomic E-state index is 0.175. The van der Waals surface area contributed by atoms with E-state index in [2.05, 4.69) is 58.8 Å². The Morgan fingerprint density at radius 2 is 1.55 bits per heavy atom. The summed E-state index contributed by atoms with van der Waals surface area (Å²) in [6.45, 7) is 0.612. The fraction of sp³-hybridized carbons (Fsp3) is 0.172. The zero-order chi connectivity index (χ0) is 22.4. The van der Waals surface area contributed by atoms with Crippen LogP contribution in [-0.2, 0) is 4.79 Å². The van der Waals surface area contributed by atoms with Crippen molar-refractivity contribution in [2.24, 2.45) is 5.92 Å². The van der Waals surface area contributed by atoms with Gasteiger partial charge in [-0.2, -0.15) is 0 Å². The van der Waals surface area contributed by atoms with E-state index in [0.717, 1.165) is 17.3 Å². The van der Waals surface area contributed by atoms with Crippen LogP contribution >= 0.6 is 0 Å². The van der Waals surface area contributed by atoms with Gasteiger partial charge in [0.1, 0.15) is 0 Å². The molecule has 3 aliphatic rings. The third kappa shape index (κ3) is 3.39. The second-order valence-corrected chi connectivity index (χ2v) is 9.00. The van der Waals surface area contributed by atoms with Gasteiger partial charge in [0.2, 0.25) is 5.91 Å². The molecule has 4 aromatic rings. The highest BCUT2D eigenvalue weighted by molar-refractivity contribution is 5.92. The van der Waals surface area contributed by atoms with Crippen LogP contribution in [-0.4, -0.2) is 17.4 Å². The van der Waals surface area contributed by atoms with Gasteiger partial charge in [-0.3, -0.25) is 9.59 Å². The minimum atomic E-state index is -0.199. The molecule has 2 N–H and O–H groups in total. The van der Waals surface area contributed by atoms with E-state index in [1.807, 2.05) is 30.3 Å². The Morgan fingerprint density at radius 3 is 2.27 bits per heavy atom. The Kier molecular flexibility index (Phi) is 4.72. The quantitative estimate of drug-likeness (QED) is 0.448. The first-order valence-corrected chi connectivity index (χ1v) is 11.4. The van der Waals surface area contributed by atoms with Gasteiger partial charge in [0.25, 0.3) is 5.56 Å². The van der Waals surface area contributed by atoms with E-state index in [4.69, 9.17) is 0 Å². The maximum atomic E-state index is 12.6. The summed E-state index contributed by atoms with van der Waals surface area (Å²) in [4.78, 5) is 27.8. The van der Waals surface area contributed by atoms with Crippen LogP contribution in [0.4, 0.5) is 0 Å². The van der Waals surface area contributed by atoms with Gasteiger partial charge in [-0.1, -0.05) is 66.7 Å². The number of aromatic amines is 1. The number of fused-ring (bicyclic) bond motifs is 2. The number of carbonyl (C=O) groups is 1. The van der Waals surface area contributed by atoms with E-state index in [1.54, 1.807) is 6.08 Å². The van der Waals surface area contributed by atoms with Gasteiger partial charge < -0.3 is 10.3 Å². The third-order valence-electron chi connectivity index (χ3n) is 7.16. The molecule has 0 fully saturated rings. The van der Waals surface area contributed by atoms with Crippen molar-refractivity contribution in [1.82, 2.24) is 10.3 Å². The summed E-state index contributed by atoms with van der Waals surface area (Å²) < 4.78 is 0. The number of amides is 1. The smallest absolute Gasteiger partial charge is 0.255 e. The number of pyridine rings is 1. The van der Waals surface area contributed by atoms with Crippen LogP contribution in [0.2, 0.25) is 0 Å². The monoisotopic (exact) mass is 432 g/mol. The highest BCUT2D eigenvalue weighted by Gasteiger charge is 2.42. The van der Waals surface area contributed by atoms with E-state index < -0.39 is 0 Å². The summed E-state index contributed by atoms with van der Waals surface area (Å²) in [6, 6.07) is 26.9. The van der Waals surface area contributed by atoms with Crippen molar-refractivity contribution in [2.45, 2.75) is 18.3 Å². The van der Waals surface area contributed by atoms with Crippen LogP contribution in [0.5, 0.6) is 0 Å². The van der Waals surface area contributed by atoms with Crippen molar-refractivity contribution in [2.75, 3.05) is 6.54 Å². The van der Waals surface area contributed by atoms with E-state index in [9.17, 15) is 9.59 Å². The molecule has 1 heterocycles. The van der Waals surface area contributed by atoms with Crippen molar-refractivity contribution in [3.8, 4) is 0 Å². The number of H-pyrrole nitrogens is 1. The molecule has 4 nitrogen and oxygen atoms in total. The van der Waals surface area contributed by atoms with Crippen LogP contribution in [0.3, 0.4) is 0 Å². The Morgan fingerprint density at radius 1 is 0.909 bits per heavy atom. The first-order chi connectivity index (χ1) is 16.2. The Labute approximate surface area is 192 Å². The van der Waals surface area contributed by atoms with Crippen molar-refractivity contribution < 1.29 is 4.79 Å². The fourth-order valence-corrected chi connectivity index (χ4v) is 5.70. The van der Waals surface area contributed by atoms with Crippen LogP contribution in [0, 0.1) is 5.92 Å². The lowest BCUT2D eigenvalue weighted by atomic mass is 9.59. The zero-order valence-electron chi connectivity index (χ0n) is 18.1. The zero-order valence-corrected chi connectivity index (χ0v) is 18.1. The number of nitrogens with one attached hydrogen (secondary N) is 2. The molecule has 2 bridgehead atoms. The largest absolute Gasteiger partial charge is 0.352 e. The third-order valence-corrected chi connectivity index (χ3v) is 7.16. The number of hydrogen-bond donors (Lipinski definition) is 2. The standard InChI is InChI=1S/C29H24N2O2/c32-27(14-13-19-15-18-7-1-6-12-26(18)31-29(19)33)30-17-20-16-25-21-8-2-4-10-23(21)28(20)24-11-5-3-9-22(24)25/h1-15,20,25,28H,16-17H2,(H,30,32)(H,31,33)/b14-13+/t20-,25?,28?/m0/s1. The average molecular weight is 433 g/mol. The summed E-state index contributed by atoms with van der Waals surface area (Å²) in [5, 5.41) is 4.03. The number of hydrogen-bond acceptors (Lipinski definition) is 2. The van der Waals surface area contributed by atoms with Gasteiger partial charge >= 0.3 is 0 Å². The van der Waals surface area contributed by atoms with Crippen molar-refractivity contribution in [3.63, 3.8) is 0 Å². The van der Waals surface area contributed by atoms with Crippen LogP contribution < -0.4 is 10.9 Å². The number of para-hydroxylation sites is 1. The van der Waals surface area contributed by atoms with E-state index in [0.29, 0.717) is 29.9 Å². The molecule has 0 radical (unpaired) electrons. The summed E-state index contributed by atoms with van der Waals surface area (Å²) in [7, 11) is 0. The lowest BCUT2D eigenvalue weighted by Gasteiger charge is -2.45. The second-order valence-electron chi connectivity index (χ2n) is 9.00. The molecule has 7 rings (SSSR count). The molecule has 1 atom stereocenters. The first-order valence-electron chi connectivity index (χ1n) is 11.4. The highest BCUT2D eigenvalue weighted by Crippen LogP contribution is 2.55. The van der Waals surface area contributed by atoms with Gasteiger partial charge in [0.05, 0.1) is 0 Å². The molecular weight excluding hydrogens is 408 g/mol. The van der Waals surface area contributed by atoms with Crippen LogP contribution in [0.25, 0.3) is 17.0 Å². The molecule has 0 spiro atoms. The molecule has 1 amide bonds. The fourth-order valence-electron chi connectivity index (χ4n) is 5.70. The Bertz CT molecular complexity index is 1420. The van der Waals surface area contributed by atoms with Gasteiger partial charge in [-0.15, -0.1) is 0 Å². The van der Waals surface area contributed by atoms with E-state index >= 15 is 0 Å². The number of rotatable bonds is 4. The lowest BCUT2D eigenvalue weighted by molar-refractivity contribution is -0.116. The van der Waals surface area contributed by atoms with Crippen LogP contribution in [0.15, 0.2) is 89.7 Å². The van der Waals surface area contributed by atoms with Gasteiger partial charge in [0.15, 0.2) is 0 Å². The molecule has 0 saturated carbocycles. The number of carbonyl (C=O) groups excluding carboxylic acids is 1. The maximum absolute atomic E-state index is 12.6. The average Bonchev–Trinajstić information content (AvgIpc) is 2.86. The minimum Gasteiger partial charge on any atom is -0.352 e. The SMILES string of the molecule is O=C(/C=C/c1cc2ccccc2[nH]c1=O)NC[C@@H]1CC2c3ccccc3C1c1ccccc12. The summed E-state index contributed by atoms with van der Waals surface area (Å²) >= 11 is 0. The molecule has 33 heavy (non-hydrogen) atoms. The molecule has 3 aromatic carbocycles. The first kappa shape index (κ1) is 19.7. The summed E-state index contributed by atoms with van der Waals surface area (Å²) in [5.41, 5.74) is 6.71. The number of aromatic nitrogens is 1. The Balaban J connectivity index is 1.20. The highest BCUT2D eigenvalue weighted by atomic mass is 16.1. The molecule has 4 heteroatoms. The molecule has 0 aliphatic heterocycles. The topological polar surface area (TPSA) is 62.0 Å². The predicted octanol–water partition coefficient (Wildman–Crippen LogP) is 4.95. The molecule has 0 unspecified atom stereocenters. The van der Waals surface area contributed by atoms with E-state index in [1.165, 1.54) is 28.3 Å². The van der Waals surface area contributed by atoms with Crippen LogP contribution in [0.1, 0.15) is 46.1 Å². The van der Waals surface area contributed by atoms with Crippen molar-refractivity contribution in [3.05, 3.63) is 123 Å². The molecule has 0 saturated heterocycles. The second kappa shape index (κ2) is 7.89. The number of benzene rings is 3. The molecular formula is C29H24N2O2.